The molecule has 0 saturated heterocycles. The molecule has 21 heavy (non-hydrogen) atoms. The van der Waals surface area contributed by atoms with E-state index in [4.69, 9.17) is 4.74 Å². The third-order valence-electron chi connectivity index (χ3n) is 2.90. The standard InChI is InChI=1S/C15H20N4O2/c1-15(2,3)9-10-21-14-16-11-19(17-14)13(18-20)12-7-5-4-6-8-12/h4-8,11,20H,9-10H2,1-3H3. The highest BCUT2D eigenvalue weighted by Crippen LogP contribution is 2.18. The maximum absolute atomic E-state index is 9.18. The van der Waals surface area contributed by atoms with Crippen molar-refractivity contribution in [1.29, 1.82) is 0 Å². The lowest BCUT2D eigenvalue weighted by atomic mass is 9.93. The van der Waals surface area contributed by atoms with Crippen LogP contribution in [0.15, 0.2) is 41.8 Å². The van der Waals surface area contributed by atoms with Gasteiger partial charge < -0.3 is 9.94 Å². The smallest absolute Gasteiger partial charge is 0.335 e. The predicted octanol–water partition coefficient (Wildman–Crippen LogP) is 2.78. The Kier molecular flexibility index (Phi) is 4.57. The summed E-state index contributed by atoms with van der Waals surface area (Å²) < 4.78 is 6.90. The van der Waals surface area contributed by atoms with E-state index in [-0.39, 0.29) is 11.4 Å². The van der Waals surface area contributed by atoms with Gasteiger partial charge in [0, 0.05) is 5.56 Å². The highest BCUT2D eigenvalue weighted by molar-refractivity contribution is 5.99. The Hall–Kier alpha value is -2.37. The molecule has 0 unspecified atom stereocenters. The third kappa shape index (κ3) is 4.30. The summed E-state index contributed by atoms with van der Waals surface area (Å²) in [5.74, 6) is 0.300. The Morgan fingerprint density at radius 1 is 1.29 bits per heavy atom. The number of nitrogens with zero attached hydrogens (tertiary/aromatic N) is 4. The average Bonchev–Trinajstić information content (AvgIpc) is 2.88. The lowest BCUT2D eigenvalue weighted by molar-refractivity contribution is 0.229. The van der Waals surface area contributed by atoms with Crippen molar-refractivity contribution in [2.45, 2.75) is 27.2 Å². The van der Waals surface area contributed by atoms with E-state index < -0.39 is 0 Å². The van der Waals surface area contributed by atoms with Crippen LogP contribution >= 0.6 is 0 Å². The van der Waals surface area contributed by atoms with E-state index in [1.54, 1.807) is 0 Å². The van der Waals surface area contributed by atoms with Gasteiger partial charge in [0.05, 0.1) is 6.61 Å². The van der Waals surface area contributed by atoms with Crippen molar-refractivity contribution in [1.82, 2.24) is 14.8 Å². The number of rotatable bonds is 4. The molecule has 1 aromatic carbocycles. The van der Waals surface area contributed by atoms with Gasteiger partial charge in [-0.2, -0.15) is 9.67 Å². The van der Waals surface area contributed by atoms with Gasteiger partial charge in [-0.05, 0) is 11.8 Å². The predicted molar refractivity (Wildman–Crippen MR) is 79.8 cm³/mol. The molecule has 1 aromatic heterocycles. The molecule has 1 N–H and O–H groups in total. The number of hydrogen-bond acceptors (Lipinski definition) is 5. The third-order valence-corrected chi connectivity index (χ3v) is 2.90. The van der Waals surface area contributed by atoms with Crippen LogP contribution in [0.2, 0.25) is 0 Å². The van der Waals surface area contributed by atoms with Crippen LogP contribution < -0.4 is 4.74 Å². The SMILES string of the molecule is CC(C)(C)CCOc1ncn(C(=NO)c2ccccc2)n1. The van der Waals surface area contributed by atoms with Crippen molar-refractivity contribution < 1.29 is 9.94 Å². The fourth-order valence-electron chi connectivity index (χ4n) is 1.69. The first kappa shape index (κ1) is 15.0. The molecule has 0 aliphatic heterocycles. The van der Waals surface area contributed by atoms with E-state index in [1.807, 2.05) is 30.3 Å². The summed E-state index contributed by atoms with van der Waals surface area (Å²) >= 11 is 0. The molecule has 0 bridgehead atoms. The minimum absolute atomic E-state index is 0.199. The van der Waals surface area contributed by atoms with Gasteiger partial charge >= 0.3 is 6.01 Å². The summed E-state index contributed by atoms with van der Waals surface area (Å²) in [6.45, 7) is 6.99. The molecule has 0 spiro atoms. The van der Waals surface area contributed by atoms with E-state index in [9.17, 15) is 5.21 Å². The van der Waals surface area contributed by atoms with Crippen molar-refractivity contribution >= 4 is 5.84 Å². The lowest BCUT2D eigenvalue weighted by Crippen LogP contribution is -2.15. The van der Waals surface area contributed by atoms with Gasteiger partial charge in [0.25, 0.3) is 0 Å². The highest BCUT2D eigenvalue weighted by Gasteiger charge is 2.13. The minimum Gasteiger partial charge on any atom is -0.462 e. The molecule has 2 rings (SSSR count). The van der Waals surface area contributed by atoms with E-state index >= 15 is 0 Å². The van der Waals surface area contributed by atoms with Crippen LogP contribution in [0.1, 0.15) is 32.8 Å². The maximum Gasteiger partial charge on any atom is 0.335 e. The monoisotopic (exact) mass is 288 g/mol. The van der Waals surface area contributed by atoms with Gasteiger partial charge in [-0.15, -0.1) is 5.10 Å². The molecule has 0 aliphatic carbocycles. The molecule has 0 radical (unpaired) electrons. The molecule has 0 saturated carbocycles. The minimum atomic E-state index is 0.199. The summed E-state index contributed by atoms with van der Waals surface area (Å²) in [5, 5.41) is 16.6. The molecular formula is C15H20N4O2. The van der Waals surface area contributed by atoms with E-state index in [1.165, 1.54) is 11.0 Å². The van der Waals surface area contributed by atoms with Crippen LogP contribution in [0.5, 0.6) is 6.01 Å². The van der Waals surface area contributed by atoms with Crippen molar-refractivity contribution in [2.24, 2.45) is 10.6 Å². The molecule has 0 fully saturated rings. The van der Waals surface area contributed by atoms with Crippen LogP contribution in [-0.2, 0) is 0 Å². The lowest BCUT2D eigenvalue weighted by Gasteiger charge is -2.16. The summed E-state index contributed by atoms with van der Waals surface area (Å²) in [6, 6.07) is 9.54. The Labute approximate surface area is 124 Å². The summed E-state index contributed by atoms with van der Waals surface area (Å²) in [5.41, 5.74) is 0.941. The second-order valence-electron chi connectivity index (χ2n) is 5.92. The molecule has 1 heterocycles. The van der Waals surface area contributed by atoms with Crippen LogP contribution in [-0.4, -0.2) is 32.4 Å². The topological polar surface area (TPSA) is 72.5 Å². The Bertz CT molecular complexity index is 600. The zero-order valence-electron chi connectivity index (χ0n) is 12.5. The first-order valence-corrected chi connectivity index (χ1v) is 6.82. The van der Waals surface area contributed by atoms with Gasteiger partial charge in [0.2, 0.25) is 5.84 Å². The molecule has 6 heteroatoms. The van der Waals surface area contributed by atoms with Crippen LogP contribution in [0.3, 0.4) is 0 Å². The second-order valence-corrected chi connectivity index (χ2v) is 5.92. The average molecular weight is 288 g/mol. The number of oxime groups is 1. The molecule has 0 atom stereocenters. The molecule has 112 valence electrons. The number of hydrogen-bond donors (Lipinski definition) is 1. The quantitative estimate of drug-likeness (QED) is 0.406. The van der Waals surface area contributed by atoms with Crippen molar-refractivity contribution in [3.8, 4) is 6.01 Å². The van der Waals surface area contributed by atoms with Gasteiger partial charge in [-0.25, -0.2) is 0 Å². The van der Waals surface area contributed by atoms with Gasteiger partial charge in [0.15, 0.2) is 0 Å². The number of aromatic nitrogens is 3. The zero-order chi connectivity index (χ0) is 15.3. The first-order valence-electron chi connectivity index (χ1n) is 6.82. The summed E-state index contributed by atoms with van der Waals surface area (Å²) in [4.78, 5) is 4.07. The normalized spacial score (nSPS) is 12.4. The van der Waals surface area contributed by atoms with Gasteiger partial charge in [0.1, 0.15) is 6.33 Å². The highest BCUT2D eigenvalue weighted by atomic mass is 16.5. The van der Waals surface area contributed by atoms with Crippen LogP contribution in [0.4, 0.5) is 0 Å². The Balaban J connectivity index is 2.05. The van der Waals surface area contributed by atoms with Gasteiger partial charge in [-0.3, -0.25) is 0 Å². The molecule has 2 aromatic rings. The Morgan fingerprint density at radius 3 is 2.62 bits per heavy atom. The molecule has 0 aliphatic rings. The fourth-order valence-corrected chi connectivity index (χ4v) is 1.69. The number of ether oxygens (including phenoxy) is 1. The van der Waals surface area contributed by atoms with E-state index in [0.29, 0.717) is 12.4 Å². The van der Waals surface area contributed by atoms with Crippen molar-refractivity contribution in [3.05, 3.63) is 42.2 Å². The Morgan fingerprint density at radius 2 is 2.00 bits per heavy atom. The van der Waals surface area contributed by atoms with Gasteiger partial charge in [-0.1, -0.05) is 56.3 Å². The molecular weight excluding hydrogens is 268 g/mol. The van der Waals surface area contributed by atoms with E-state index in [2.05, 4.69) is 36.0 Å². The van der Waals surface area contributed by atoms with Crippen LogP contribution in [0.25, 0.3) is 0 Å². The van der Waals surface area contributed by atoms with E-state index in [0.717, 1.165) is 12.0 Å². The van der Waals surface area contributed by atoms with Crippen molar-refractivity contribution in [3.63, 3.8) is 0 Å². The van der Waals surface area contributed by atoms with Crippen LogP contribution in [0, 0.1) is 5.41 Å². The second kappa shape index (κ2) is 6.39. The van der Waals surface area contributed by atoms with Crippen molar-refractivity contribution in [2.75, 3.05) is 6.61 Å². The summed E-state index contributed by atoms with van der Waals surface area (Å²) in [6.07, 6.45) is 2.37. The largest absolute Gasteiger partial charge is 0.462 e. The first-order chi connectivity index (χ1) is 9.99. The maximum atomic E-state index is 9.18. The number of benzene rings is 1. The summed E-state index contributed by atoms with van der Waals surface area (Å²) in [7, 11) is 0. The zero-order valence-corrected chi connectivity index (χ0v) is 12.5. The molecule has 0 amide bonds. The molecule has 6 nitrogen and oxygen atoms in total. The fraction of sp³-hybridized carbons (Fsp3) is 0.400.